The second-order valence-corrected chi connectivity index (χ2v) is 17.1. The second-order valence-electron chi connectivity index (χ2n) is 10.9. The van der Waals surface area contributed by atoms with Crippen molar-refractivity contribution >= 4 is 130 Å². The Bertz CT molecular complexity index is 2430. The fraction of sp³-hybridized carbons (Fsp3) is 0. The first kappa shape index (κ1) is 25.8. The van der Waals surface area contributed by atoms with E-state index in [4.69, 9.17) is 0 Å². The summed E-state index contributed by atoms with van der Waals surface area (Å²) >= 11 is 9.48. The van der Waals surface area contributed by atoms with Crippen molar-refractivity contribution < 1.29 is 8.78 Å². The van der Waals surface area contributed by atoms with E-state index >= 15 is 8.78 Å². The number of hydrogen-bond donors (Lipinski definition) is 0. The zero-order chi connectivity index (χ0) is 29.1. The van der Waals surface area contributed by atoms with E-state index in [0.717, 1.165) is 30.3 Å². The van der Waals surface area contributed by atoms with E-state index < -0.39 is 0 Å². The van der Waals surface area contributed by atoms with Crippen LogP contribution in [-0.2, 0) is 0 Å². The van der Waals surface area contributed by atoms with Gasteiger partial charge in [0, 0.05) is 38.3 Å². The molecular formula is C36H16F2S6. The van der Waals surface area contributed by atoms with Crippen LogP contribution in [0.1, 0.15) is 0 Å². The van der Waals surface area contributed by atoms with Gasteiger partial charge in [-0.05, 0) is 139 Å². The maximum absolute atomic E-state index is 15.5. The predicted octanol–water partition coefficient (Wildman–Crippen LogP) is 14.3. The molecule has 0 aliphatic rings. The Morgan fingerprint density at radius 3 is 1.18 bits per heavy atom. The molecule has 0 spiro atoms. The van der Waals surface area contributed by atoms with E-state index in [0.29, 0.717) is 9.75 Å². The lowest BCUT2D eigenvalue weighted by Gasteiger charge is -1.99. The van der Waals surface area contributed by atoms with Gasteiger partial charge < -0.3 is 0 Å². The van der Waals surface area contributed by atoms with E-state index in [2.05, 4.69) is 83.6 Å². The summed E-state index contributed by atoms with van der Waals surface area (Å²) < 4.78 is 35.8. The van der Waals surface area contributed by atoms with Crippen LogP contribution in [0.2, 0.25) is 0 Å². The lowest BCUT2D eigenvalue weighted by Crippen LogP contribution is -1.74. The number of rotatable bonds is 3. The number of thiophene rings is 6. The third kappa shape index (κ3) is 3.99. The molecule has 0 fully saturated rings. The summed E-state index contributed by atoms with van der Waals surface area (Å²) in [5.41, 5.74) is 0. The van der Waals surface area contributed by atoms with Crippen molar-refractivity contribution in [3.63, 3.8) is 0 Å². The molecular weight excluding hydrogens is 663 g/mol. The summed E-state index contributed by atoms with van der Waals surface area (Å²) in [5, 5.41) is 13.9. The van der Waals surface area contributed by atoms with Crippen molar-refractivity contribution in [1.29, 1.82) is 0 Å². The smallest absolute Gasteiger partial charge is 0.143 e. The molecule has 6 aromatic heterocycles. The molecule has 0 saturated carbocycles. The molecule has 0 N–H and O–H groups in total. The van der Waals surface area contributed by atoms with Gasteiger partial charge in [0.1, 0.15) is 11.6 Å². The van der Waals surface area contributed by atoms with E-state index in [1.54, 1.807) is 57.5 Å². The van der Waals surface area contributed by atoms with Crippen molar-refractivity contribution in [3.05, 3.63) is 107 Å². The summed E-state index contributed by atoms with van der Waals surface area (Å²) in [6.45, 7) is 0. The van der Waals surface area contributed by atoms with Gasteiger partial charge in [-0.1, -0.05) is 0 Å². The summed E-state index contributed by atoms with van der Waals surface area (Å²) in [6.07, 6.45) is 0. The van der Waals surface area contributed by atoms with E-state index in [-0.39, 0.29) is 11.6 Å². The van der Waals surface area contributed by atoms with Gasteiger partial charge in [0.2, 0.25) is 0 Å². The lowest BCUT2D eigenvalue weighted by atomic mass is 10.1. The Kier molecular flexibility index (Phi) is 5.57. The molecule has 0 saturated heterocycles. The van der Waals surface area contributed by atoms with Gasteiger partial charge in [-0.25, -0.2) is 8.78 Å². The molecule has 8 heteroatoms. The van der Waals surface area contributed by atoms with Gasteiger partial charge in [0.15, 0.2) is 0 Å². The number of halogens is 2. The van der Waals surface area contributed by atoms with Gasteiger partial charge in [-0.2, -0.15) is 0 Å². The second kappa shape index (κ2) is 9.50. The molecule has 0 bridgehead atoms. The predicted molar refractivity (Wildman–Crippen MR) is 195 cm³/mol. The third-order valence-electron chi connectivity index (χ3n) is 8.16. The first-order valence-corrected chi connectivity index (χ1v) is 18.8. The minimum absolute atomic E-state index is 0.364. The molecule has 6 heterocycles. The monoisotopic (exact) mass is 678 g/mol. The molecule has 0 aliphatic heterocycles. The van der Waals surface area contributed by atoms with Crippen LogP contribution in [0, 0.1) is 11.6 Å². The fourth-order valence-electron chi connectivity index (χ4n) is 6.03. The highest BCUT2D eigenvalue weighted by Crippen LogP contribution is 2.48. The largest absolute Gasteiger partial charge is 0.205 e. The number of benzene rings is 4. The Morgan fingerprint density at radius 1 is 0.341 bits per heavy atom. The molecule has 4 aromatic carbocycles. The van der Waals surface area contributed by atoms with Crippen LogP contribution >= 0.6 is 68.0 Å². The van der Waals surface area contributed by atoms with Crippen LogP contribution in [0.3, 0.4) is 0 Å². The summed E-state index contributed by atoms with van der Waals surface area (Å²) in [7, 11) is 0. The highest BCUT2D eigenvalue weighted by molar-refractivity contribution is 7.30. The molecule has 0 aliphatic carbocycles. The highest BCUT2D eigenvalue weighted by atomic mass is 32.1. The Balaban J connectivity index is 1.02. The topological polar surface area (TPSA) is 0 Å². The van der Waals surface area contributed by atoms with Gasteiger partial charge >= 0.3 is 0 Å². The zero-order valence-electron chi connectivity index (χ0n) is 22.4. The molecule has 0 amide bonds. The maximum atomic E-state index is 15.5. The molecule has 10 aromatic rings. The summed E-state index contributed by atoms with van der Waals surface area (Å²) in [5.74, 6) is -0.745. The van der Waals surface area contributed by atoms with E-state index in [1.807, 2.05) is 0 Å². The van der Waals surface area contributed by atoms with E-state index in [1.165, 1.54) is 73.8 Å². The molecule has 0 radical (unpaired) electrons. The van der Waals surface area contributed by atoms with Crippen LogP contribution in [0.4, 0.5) is 8.78 Å². The molecule has 0 atom stereocenters. The average Bonchev–Trinajstić information content (AvgIpc) is 3.84. The van der Waals surface area contributed by atoms with Crippen molar-refractivity contribution in [2.75, 3.05) is 0 Å². The molecule has 210 valence electrons. The summed E-state index contributed by atoms with van der Waals surface area (Å²) in [6, 6.07) is 29.5. The van der Waals surface area contributed by atoms with Crippen LogP contribution < -0.4 is 0 Å². The summed E-state index contributed by atoms with van der Waals surface area (Å²) in [4.78, 5) is 4.38. The quantitative estimate of drug-likeness (QED) is 0.174. The highest BCUT2D eigenvalue weighted by Gasteiger charge is 2.21. The standard InChI is InChI=1S/C36H16F2S6/c37-25-15-33(31-13-23-7-21-9-27-17(1-3-39-27)5-19(21)11-29(23)41-31)43-35(25)36-26(38)16-34(44-36)32-14-24-8-22-10-28-18(2-4-40-28)6-20(22)12-30(24)42-32/h1-16H. The number of hydrogen-bond acceptors (Lipinski definition) is 6. The first-order chi connectivity index (χ1) is 21.5. The minimum atomic E-state index is -0.372. The van der Waals surface area contributed by atoms with Gasteiger partial charge in [-0.3, -0.25) is 0 Å². The molecule has 10 rings (SSSR count). The fourth-order valence-corrected chi connectivity index (χ4v) is 12.2. The van der Waals surface area contributed by atoms with Crippen molar-refractivity contribution in [2.45, 2.75) is 0 Å². The average molecular weight is 679 g/mol. The Hall–Kier alpha value is -3.50. The van der Waals surface area contributed by atoms with Crippen LogP contribution in [0.25, 0.3) is 91.2 Å². The third-order valence-corrected chi connectivity index (χ3v) is 14.9. The normalized spacial score (nSPS) is 12.3. The minimum Gasteiger partial charge on any atom is -0.205 e. The van der Waals surface area contributed by atoms with Gasteiger partial charge in [0.25, 0.3) is 0 Å². The van der Waals surface area contributed by atoms with Crippen LogP contribution in [-0.4, -0.2) is 0 Å². The Labute approximate surface area is 273 Å². The van der Waals surface area contributed by atoms with Gasteiger partial charge in [0.05, 0.1) is 9.75 Å². The SMILES string of the molecule is Fc1cc(-c2cc3cc4cc5sccc5cc4cc3s2)sc1-c1sc(-c2cc3cc4cc5sccc5cc4cc3s2)cc1F. The van der Waals surface area contributed by atoms with Crippen LogP contribution in [0.5, 0.6) is 0 Å². The van der Waals surface area contributed by atoms with Crippen molar-refractivity contribution in [1.82, 2.24) is 0 Å². The number of fused-ring (bicyclic) bond motifs is 6. The van der Waals surface area contributed by atoms with Crippen molar-refractivity contribution in [2.24, 2.45) is 0 Å². The molecule has 0 nitrogen and oxygen atoms in total. The van der Waals surface area contributed by atoms with E-state index in [9.17, 15) is 0 Å². The zero-order valence-corrected chi connectivity index (χ0v) is 27.3. The molecule has 44 heavy (non-hydrogen) atoms. The Morgan fingerprint density at radius 2 is 0.727 bits per heavy atom. The van der Waals surface area contributed by atoms with Gasteiger partial charge in [-0.15, -0.1) is 68.0 Å². The first-order valence-electron chi connectivity index (χ1n) is 13.8. The lowest BCUT2D eigenvalue weighted by molar-refractivity contribution is 0.624. The maximum Gasteiger partial charge on any atom is 0.143 e. The van der Waals surface area contributed by atoms with Crippen LogP contribution in [0.15, 0.2) is 95.7 Å². The molecule has 0 unspecified atom stereocenters. The van der Waals surface area contributed by atoms with Crippen molar-refractivity contribution in [3.8, 4) is 29.3 Å².